The number of rotatable bonds is 7. The number of halogens is 1. The Hall–Kier alpha value is -2.41. The minimum atomic E-state index is -0.453. The van der Waals surface area contributed by atoms with Crippen molar-refractivity contribution < 1.29 is 9.66 Å². The highest BCUT2D eigenvalue weighted by Gasteiger charge is 2.11. The Bertz CT molecular complexity index is 737. The number of pyridine rings is 2. The first-order valence-electron chi connectivity index (χ1n) is 7.49. The molecule has 0 aliphatic rings. The normalized spacial score (nSPS) is 10.7. The number of anilines is 1. The fourth-order valence-corrected chi connectivity index (χ4v) is 2.19. The van der Waals surface area contributed by atoms with Crippen LogP contribution in [0.4, 0.5) is 11.5 Å². The summed E-state index contributed by atoms with van der Waals surface area (Å²) in [6.07, 6.45) is 2.92. The van der Waals surface area contributed by atoms with E-state index >= 15 is 0 Å². The second-order valence-corrected chi connectivity index (χ2v) is 6.21. The molecule has 2 heterocycles. The zero-order valence-electron chi connectivity index (χ0n) is 13.7. The smallest absolute Gasteiger partial charge is 0.290 e. The third kappa shape index (κ3) is 4.79. The Morgan fingerprint density at radius 3 is 2.67 bits per heavy atom. The summed E-state index contributed by atoms with van der Waals surface area (Å²) in [6.45, 7) is 6.76. The molecule has 0 aliphatic heterocycles. The van der Waals surface area contributed by atoms with Crippen molar-refractivity contribution in [2.24, 2.45) is 5.92 Å². The zero-order valence-corrected chi connectivity index (χ0v) is 14.5. The Labute approximate surface area is 145 Å². The fourth-order valence-electron chi connectivity index (χ4n) is 1.94. The number of nitrogens with one attached hydrogen (secondary N) is 1. The molecule has 2 aromatic heterocycles. The summed E-state index contributed by atoms with van der Waals surface area (Å²) in [5.41, 5.74) is 1.40. The second kappa shape index (κ2) is 7.92. The van der Waals surface area contributed by atoms with Gasteiger partial charge >= 0.3 is 0 Å². The van der Waals surface area contributed by atoms with Crippen molar-refractivity contribution in [3.05, 3.63) is 50.8 Å². The summed E-state index contributed by atoms with van der Waals surface area (Å²) >= 11 is 6.17. The fraction of sp³-hybridized carbons (Fsp3) is 0.375. The van der Waals surface area contributed by atoms with Gasteiger partial charge in [0.1, 0.15) is 17.0 Å². The Balaban J connectivity index is 2.00. The van der Waals surface area contributed by atoms with Crippen LogP contribution in [0.3, 0.4) is 0 Å². The van der Waals surface area contributed by atoms with Gasteiger partial charge in [0, 0.05) is 18.3 Å². The highest BCUT2D eigenvalue weighted by atomic mass is 35.5. The van der Waals surface area contributed by atoms with Gasteiger partial charge < -0.3 is 10.1 Å². The Kier molecular flexibility index (Phi) is 5.92. The van der Waals surface area contributed by atoms with E-state index in [2.05, 4.69) is 15.3 Å². The molecule has 2 aromatic rings. The predicted octanol–water partition coefficient (Wildman–Crippen LogP) is 3.99. The molecule has 2 rings (SSSR count). The summed E-state index contributed by atoms with van der Waals surface area (Å²) < 4.78 is 5.53. The summed E-state index contributed by atoms with van der Waals surface area (Å²) in [6, 6.07) is 3.41. The van der Waals surface area contributed by atoms with E-state index in [4.69, 9.17) is 16.3 Å². The van der Waals surface area contributed by atoms with Crippen molar-refractivity contribution >= 4 is 23.1 Å². The van der Waals surface area contributed by atoms with Gasteiger partial charge in [-0.25, -0.2) is 9.97 Å². The van der Waals surface area contributed by atoms with Crippen molar-refractivity contribution in [3.63, 3.8) is 0 Å². The van der Waals surface area contributed by atoms with Crippen LogP contribution in [0.1, 0.15) is 25.0 Å². The molecule has 0 unspecified atom stereocenters. The van der Waals surface area contributed by atoms with E-state index in [0.29, 0.717) is 41.4 Å². The van der Waals surface area contributed by atoms with Crippen molar-refractivity contribution in [3.8, 4) is 5.88 Å². The molecule has 1 N–H and O–H groups in total. The molecule has 0 saturated carbocycles. The minimum Gasteiger partial charge on any atom is -0.476 e. The maximum absolute atomic E-state index is 10.8. The van der Waals surface area contributed by atoms with Gasteiger partial charge in [-0.05, 0) is 30.5 Å². The van der Waals surface area contributed by atoms with E-state index in [0.717, 1.165) is 5.56 Å². The van der Waals surface area contributed by atoms with Gasteiger partial charge in [0.05, 0.1) is 11.5 Å². The molecule has 0 radical (unpaired) electrons. The van der Waals surface area contributed by atoms with E-state index in [1.165, 1.54) is 6.20 Å². The van der Waals surface area contributed by atoms with Crippen LogP contribution in [0.5, 0.6) is 5.88 Å². The molecule has 0 aromatic carbocycles. The maximum Gasteiger partial charge on any atom is 0.290 e. The molecule has 0 spiro atoms. The lowest BCUT2D eigenvalue weighted by molar-refractivity contribution is -0.385. The van der Waals surface area contributed by atoms with Crippen LogP contribution >= 0.6 is 11.6 Å². The summed E-state index contributed by atoms with van der Waals surface area (Å²) in [5, 5.41) is 14.3. The number of ether oxygens (including phenoxy) is 1. The van der Waals surface area contributed by atoms with E-state index in [9.17, 15) is 10.1 Å². The molecule has 0 fully saturated rings. The number of hydrogen-bond donors (Lipinski definition) is 1. The van der Waals surface area contributed by atoms with Crippen LogP contribution in [0.15, 0.2) is 24.5 Å². The second-order valence-electron chi connectivity index (χ2n) is 5.80. The van der Waals surface area contributed by atoms with Gasteiger partial charge in [0.15, 0.2) is 0 Å². The van der Waals surface area contributed by atoms with Crippen LogP contribution in [0.2, 0.25) is 5.02 Å². The summed E-state index contributed by atoms with van der Waals surface area (Å²) in [5.74, 6) is 1.36. The Morgan fingerprint density at radius 1 is 1.33 bits per heavy atom. The van der Waals surface area contributed by atoms with E-state index in [-0.39, 0.29) is 5.69 Å². The molecule has 8 heteroatoms. The zero-order chi connectivity index (χ0) is 17.7. The van der Waals surface area contributed by atoms with Gasteiger partial charge in [-0.3, -0.25) is 10.1 Å². The van der Waals surface area contributed by atoms with Crippen LogP contribution in [-0.4, -0.2) is 21.5 Å². The third-order valence-corrected chi connectivity index (χ3v) is 3.44. The minimum absolute atomic E-state index is 0.00286. The lowest BCUT2D eigenvalue weighted by Crippen LogP contribution is -2.07. The SMILES string of the molecule is Cc1cc(NCc2cnc(OCC(C)C)c(Cl)c2)ncc1[N+](=O)[O-]. The molecule has 0 atom stereocenters. The molecule has 128 valence electrons. The molecular weight excluding hydrogens is 332 g/mol. The molecule has 0 bridgehead atoms. The summed E-state index contributed by atoms with van der Waals surface area (Å²) in [7, 11) is 0. The van der Waals surface area contributed by atoms with Gasteiger partial charge in [-0.1, -0.05) is 25.4 Å². The lowest BCUT2D eigenvalue weighted by atomic mass is 10.2. The molecule has 0 saturated heterocycles. The standard InChI is InChI=1S/C16H19ClN4O3/c1-10(2)9-24-16-13(17)5-12(7-20-16)6-18-15-4-11(3)14(8-19-15)21(22)23/h4-5,7-8,10H,6,9H2,1-3H3,(H,18,19). The highest BCUT2D eigenvalue weighted by Crippen LogP contribution is 2.24. The molecular formula is C16H19ClN4O3. The van der Waals surface area contributed by atoms with Gasteiger partial charge in [-0.15, -0.1) is 0 Å². The number of aromatic nitrogens is 2. The number of aryl methyl sites for hydroxylation is 1. The monoisotopic (exact) mass is 350 g/mol. The van der Waals surface area contributed by atoms with Gasteiger partial charge in [0.2, 0.25) is 5.88 Å². The molecule has 0 amide bonds. The maximum atomic E-state index is 10.8. The number of nitro groups is 1. The first-order chi connectivity index (χ1) is 11.4. The molecule has 0 aliphatic carbocycles. The van der Waals surface area contributed by atoms with Gasteiger partial charge in [0.25, 0.3) is 5.69 Å². The lowest BCUT2D eigenvalue weighted by Gasteiger charge is -2.11. The quantitative estimate of drug-likeness (QED) is 0.599. The molecule has 7 nitrogen and oxygen atoms in total. The van der Waals surface area contributed by atoms with Crippen LogP contribution in [-0.2, 0) is 6.54 Å². The largest absolute Gasteiger partial charge is 0.476 e. The van der Waals surface area contributed by atoms with Crippen LogP contribution in [0.25, 0.3) is 0 Å². The number of hydrogen-bond acceptors (Lipinski definition) is 6. The highest BCUT2D eigenvalue weighted by molar-refractivity contribution is 6.31. The summed E-state index contributed by atoms with van der Waals surface area (Å²) in [4.78, 5) is 18.6. The van der Waals surface area contributed by atoms with Crippen molar-refractivity contribution in [1.82, 2.24) is 9.97 Å². The van der Waals surface area contributed by atoms with E-state index in [1.807, 2.05) is 13.8 Å². The Morgan fingerprint density at radius 2 is 2.08 bits per heavy atom. The van der Waals surface area contributed by atoms with Crippen molar-refractivity contribution in [2.45, 2.75) is 27.3 Å². The topological polar surface area (TPSA) is 90.2 Å². The first-order valence-corrected chi connectivity index (χ1v) is 7.86. The average molecular weight is 351 g/mol. The van der Waals surface area contributed by atoms with Crippen molar-refractivity contribution in [2.75, 3.05) is 11.9 Å². The third-order valence-electron chi connectivity index (χ3n) is 3.17. The van der Waals surface area contributed by atoms with Crippen LogP contribution < -0.4 is 10.1 Å². The van der Waals surface area contributed by atoms with E-state index < -0.39 is 4.92 Å². The van der Waals surface area contributed by atoms with Crippen molar-refractivity contribution in [1.29, 1.82) is 0 Å². The first kappa shape index (κ1) is 17.9. The number of nitrogens with zero attached hydrogens (tertiary/aromatic N) is 3. The molecule has 24 heavy (non-hydrogen) atoms. The van der Waals surface area contributed by atoms with Crippen LogP contribution in [0, 0.1) is 23.0 Å². The van der Waals surface area contributed by atoms with Gasteiger partial charge in [-0.2, -0.15) is 0 Å². The predicted molar refractivity (Wildman–Crippen MR) is 92.5 cm³/mol. The van der Waals surface area contributed by atoms with E-state index in [1.54, 1.807) is 25.3 Å². The average Bonchev–Trinajstić information content (AvgIpc) is 2.51.